The Morgan fingerprint density at radius 2 is 1.40 bits per heavy atom. The lowest BCUT2D eigenvalue weighted by molar-refractivity contribution is -0.120. The molecule has 0 aliphatic carbocycles. The largest absolute Gasteiger partial charge is 0.350 e. The topological polar surface area (TPSA) is 41.1 Å². The third-order valence-electron chi connectivity index (χ3n) is 3.46. The van der Waals surface area contributed by atoms with E-state index in [-0.39, 0.29) is 17.9 Å². The minimum Gasteiger partial charge on any atom is -0.350 e. The highest BCUT2D eigenvalue weighted by atomic mass is 32.1. The van der Waals surface area contributed by atoms with Gasteiger partial charge in [0.1, 0.15) is 6.04 Å². The Balaban J connectivity index is 2.05. The number of carbonyl (C=O) groups excluding carboxylic acids is 1. The van der Waals surface area contributed by atoms with Gasteiger partial charge in [-0.05, 0) is 23.3 Å². The normalized spacial score (nSPS) is 17.9. The van der Waals surface area contributed by atoms with E-state index in [1.165, 1.54) is 0 Å². The van der Waals surface area contributed by atoms with Gasteiger partial charge in [-0.3, -0.25) is 4.79 Å². The molecule has 20 heavy (non-hydrogen) atoms. The zero-order valence-electron chi connectivity index (χ0n) is 10.7. The number of rotatable bonds is 3. The van der Waals surface area contributed by atoms with Crippen molar-refractivity contribution in [3.63, 3.8) is 0 Å². The van der Waals surface area contributed by atoms with Crippen LogP contribution in [0.25, 0.3) is 0 Å². The van der Waals surface area contributed by atoms with Gasteiger partial charge in [0.2, 0.25) is 5.91 Å². The van der Waals surface area contributed by atoms with Crippen molar-refractivity contribution in [1.82, 2.24) is 10.6 Å². The summed E-state index contributed by atoms with van der Waals surface area (Å²) in [5.74, 6) is -0.134. The number of amides is 1. The lowest BCUT2D eigenvalue weighted by atomic mass is 9.85. The van der Waals surface area contributed by atoms with Gasteiger partial charge < -0.3 is 10.6 Å². The van der Waals surface area contributed by atoms with Crippen molar-refractivity contribution in [2.45, 2.75) is 12.0 Å². The van der Waals surface area contributed by atoms with E-state index < -0.39 is 0 Å². The van der Waals surface area contributed by atoms with E-state index in [4.69, 9.17) is 12.2 Å². The van der Waals surface area contributed by atoms with Crippen LogP contribution in [0.15, 0.2) is 60.7 Å². The van der Waals surface area contributed by atoms with Crippen molar-refractivity contribution in [2.75, 3.05) is 0 Å². The fourth-order valence-corrected chi connectivity index (χ4v) is 2.79. The van der Waals surface area contributed by atoms with E-state index in [2.05, 4.69) is 10.6 Å². The van der Waals surface area contributed by atoms with Crippen LogP contribution in [0.5, 0.6) is 0 Å². The van der Waals surface area contributed by atoms with E-state index in [0.717, 1.165) is 11.1 Å². The monoisotopic (exact) mass is 282 g/mol. The van der Waals surface area contributed by atoms with Crippen molar-refractivity contribution >= 4 is 23.2 Å². The number of hydrogen-bond acceptors (Lipinski definition) is 2. The molecular weight excluding hydrogens is 268 g/mol. The Hall–Kier alpha value is -2.20. The summed E-state index contributed by atoms with van der Waals surface area (Å²) in [4.78, 5) is 12.1. The van der Waals surface area contributed by atoms with Crippen molar-refractivity contribution in [1.29, 1.82) is 0 Å². The van der Waals surface area contributed by atoms with Gasteiger partial charge in [0, 0.05) is 5.92 Å². The van der Waals surface area contributed by atoms with Crippen LogP contribution in [-0.4, -0.2) is 17.1 Å². The fourth-order valence-electron chi connectivity index (χ4n) is 2.57. The van der Waals surface area contributed by atoms with Crippen molar-refractivity contribution in [3.8, 4) is 0 Å². The molecular formula is C16H14N2OS. The molecule has 3 nitrogen and oxygen atoms in total. The fraction of sp³-hybridized carbons (Fsp3) is 0.125. The molecule has 2 N–H and O–H groups in total. The van der Waals surface area contributed by atoms with Crippen LogP contribution in [0.3, 0.4) is 0 Å². The summed E-state index contributed by atoms with van der Waals surface area (Å²) in [5.41, 5.74) is 2.19. The van der Waals surface area contributed by atoms with Gasteiger partial charge in [-0.25, -0.2) is 0 Å². The average molecular weight is 282 g/mol. The summed E-state index contributed by atoms with van der Waals surface area (Å²) in [6.07, 6.45) is 0. The van der Waals surface area contributed by atoms with Crippen LogP contribution in [0.2, 0.25) is 0 Å². The standard InChI is InChI=1S/C16H14N2OS/c19-15-14(17-16(20)18-15)13(11-7-3-1-4-8-11)12-9-5-2-6-10-12/h1-10,13-14H,(H2,17,18,19,20). The van der Waals surface area contributed by atoms with Crippen LogP contribution in [0.1, 0.15) is 17.0 Å². The van der Waals surface area contributed by atoms with Gasteiger partial charge in [-0.15, -0.1) is 0 Å². The van der Waals surface area contributed by atoms with Crippen LogP contribution in [0.4, 0.5) is 0 Å². The Morgan fingerprint density at radius 3 is 1.80 bits per heavy atom. The third kappa shape index (κ3) is 2.42. The molecule has 3 rings (SSSR count). The number of hydrogen-bond donors (Lipinski definition) is 2. The van der Waals surface area contributed by atoms with E-state index in [1.807, 2.05) is 60.7 Å². The first-order chi connectivity index (χ1) is 9.75. The predicted octanol–water partition coefficient (Wildman–Crippen LogP) is 2.19. The lowest BCUT2D eigenvalue weighted by Gasteiger charge is -2.22. The summed E-state index contributed by atoms with van der Waals surface area (Å²) in [6.45, 7) is 0. The molecule has 1 amide bonds. The Bertz CT molecular complexity index is 588. The molecule has 1 aliphatic rings. The average Bonchev–Trinajstić information content (AvgIpc) is 2.80. The van der Waals surface area contributed by atoms with Gasteiger partial charge in [-0.1, -0.05) is 60.7 Å². The summed E-state index contributed by atoms with van der Waals surface area (Å²) in [7, 11) is 0. The van der Waals surface area contributed by atoms with Crippen molar-refractivity contribution in [2.24, 2.45) is 0 Å². The Kier molecular flexibility index (Phi) is 3.48. The highest BCUT2D eigenvalue weighted by Gasteiger charge is 2.36. The molecule has 2 aromatic rings. The highest BCUT2D eigenvalue weighted by molar-refractivity contribution is 7.80. The SMILES string of the molecule is O=C1NC(=S)NC1C(c1ccccc1)c1ccccc1. The molecule has 0 aromatic heterocycles. The number of thiocarbonyl (C=S) groups is 1. The first kappa shape index (κ1) is 12.8. The number of benzene rings is 2. The highest BCUT2D eigenvalue weighted by Crippen LogP contribution is 2.29. The van der Waals surface area contributed by atoms with Gasteiger partial charge >= 0.3 is 0 Å². The van der Waals surface area contributed by atoms with Crippen molar-refractivity contribution < 1.29 is 4.79 Å². The maximum Gasteiger partial charge on any atom is 0.249 e. The smallest absolute Gasteiger partial charge is 0.249 e. The van der Waals surface area contributed by atoms with Gasteiger partial charge in [0.25, 0.3) is 0 Å². The zero-order chi connectivity index (χ0) is 13.9. The predicted molar refractivity (Wildman–Crippen MR) is 82.4 cm³/mol. The molecule has 0 radical (unpaired) electrons. The molecule has 0 spiro atoms. The van der Waals surface area contributed by atoms with E-state index in [1.54, 1.807) is 0 Å². The molecule has 1 heterocycles. The van der Waals surface area contributed by atoms with E-state index >= 15 is 0 Å². The lowest BCUT2D eigenvalue weighted by Crippen LogP contribution is -2.36. The minimum atomic E-state index is -0.368. The van der Waals surface area contributed by atoms with Crippen molar-refractivity contribution in [3.05, 3.63) is 71.8 Å². The van der Waals surface area contributed by atoms with E-state index in [9.17, 15) is 4.79 Å². The quantitative estimate of drug-likeness (QED) is 0.848. The molecule has 1 atom stereocenters. The molecule has 4 heteroatoms. The molecule has 0 bridgehead atoms. The first-order valence-corrected chi connectivity index (χ1v) is 6.88. The number of nitrogens with one attached hydrogen (secondary N) is 2. The second-order valence-corrected chi connectivity index (χ2v) is 5.15. The Labute approximate surface area is 123 Å². The second-order valence-electron chi connectivity index (χ2n) is 4.74. The summed E-state index contributed by atoms with van der Waals surface area (Å²) in [5, 5.41) is 6.14. The molecule has 1 saturated heterocycles. The minimum absolute atomic E-state index is 0.0575. The van der Waals surface area contributed by atoms with Crippen LogP contribution in [-0.2, 0) is 4.79 Å². The molecule has 1 unspecified atom stereocenters. The van der Waals surface area contributed by atoms with Crippen LogP contribution in [0, 0.1) is 0 Å². The molecule has 0 saturated carbocycles. The molecule has 2 aromatic carbocycles. The second kappa shape index (κ2) is 5.43. The van der Waals surface area contributed by atoms with Crippen LogP contribution < -0.4 is 10.6 Å². The van der Waals surface area contributed by atoms with Gasteiger partial charge in [0.05, 0.1) is 0 Å². The third-order valence-corrected chi connectivity index (χ3v) is 3.68. The molecule has 1 aliphatic heterocycles. The van der Waals surface area contributed by atoms with E-state index in [0.29, 0.717) is 5.11 Å². The maximum atomic E-state index is 12.1. The number of carbonyl (C=O) groups is 1. The summed E-state index contributed by atoms with van der Waals surface area (Å²) in [6, 6.07) is 19.6. The first-order valence-electron chi connectivity index (χ1n) is 6.47. The van der Waals surface area contributed by atoms with Gasteiger partial charge in [0.15, 0.2) is 5.11 Å². The van der Waals surface area contributed by atoms with Crippen LogP contribution >= 0.6 is 12.2 Å². The molecule has 100 valence electrons. The zero-order valence-corrected chi connectivity index (χ0v) is 11.6. The summed E-state index contributed by atoms with van der Waals surface area (Å²) < 4.78 is 0. The summed E-state index contributed by atoms with van der Waals surface area (Å²) >= 11 is 5.05. The maximum absolute atomic E-state index is 12.1. The molecule has 1 fully saturated rings. The van der Waals surface area contributed by atoms with Gasteiger partial charge in [-0.2, -0.15) is 0 Å². The Morgan fingerprint density at radius 1 is 0.900 bits per heavy atom.